The number of rotatable bonds is 6. The lowest BCUT2D eigenvalue weighted by molar-refractivity contribution is 0.0833. The predicted octanol–water partition coefficient (Wildman–Crippen LogP) is -0.183. The molecule has 1 rings (SSSR count). The Labute approximate surface area is 117 Å². The van der Waals surface area contributed by atoms with Crippen LogP contribution in [0.4, 0.5) is 0 Å². The smallest absolute Gasteiger partial charge is 0.281 e. The van der Waals surface area contributed by atoms with Gasteiger partial charge in [0.25, 0.3) is 10.2 Å². The van der Waals surface area contributed by atoms with E-state index >= 15 is 0 Å². The van der Waals surface area contributed by atoms with Gasteiger partial charge in [0, 0.05) is 52.9 Å². The van der Waals surface area contributed by atoms with Crippen molar-refractivity contribution in [1.29, 1.82) is 0 Å². The van der Waals surface area contributed by atoms with Gasteiger partial charge in [-0.25, -0.2) is 0 Å². The summed E-state index contributed by atoms with van der Waals surface area (Å²) in [4.78, 5) is 2.29. The summed E-state index contributed by atoms with van der Waals surface area (Å²) in [5, 5.41) is 9.16. The lowest BCUT2D eigenvalue weighted by atomic mass is 10.1. The molecule has 0 spiro atoms. The summed E-state index contributed by atoms with van der Waals surface area (Å²) in [7, 11) is -0.240. The lowest BCUT2D eigenvalue weighted by Gasteiger charge is -2.42. The molecule has 0 bridgehead atoms. The van der Waals surface area contributed by atoms with Gasteiger partial charge >= 0.3 is 0 Å². The van der Waals surface area contributed by atoms with Crippen LogP contribution in [-0.4, -0.2) is 80.0 Å². The Morgan fingerprint density at radius 1 is 1.32 bits per heavy atom. The van der Waals surface area contributed by atoms with E-state index in [0.717, 1.165) is 13.1 Å². The van der Waals surface area contributed by atoms with Gasteiger partial charge in [0.1, 0.15) is 0 Å². The summed E-state index contributed by atoms with van der Waals surface area (Å²) in [5.74, 6) is 0.540. The van der Waals surface area contributed by atoms with Crippen molar-refractivity contribution >= 4 is 10.2 Å². The molecule has 0 aromatic rings. The van der Waals surface area contributed by atoms with Gasteiger partial charge in [-0.1, -0.05) is 13.8 Å². The van der Waals surface area contributed by atoms with Crippen molar-refractivity contribution in [2.75, 3.05) is 46.9 Å². The molecule has 1 fully saturated rings. The molecule has 0 saturated carbocycles. The first-order chi connectivity index (χ1) is 8.78. The van der Waals surface area contributed by atoms with Crippen molar-refractivity contribution in [2.24, 2.45) is 5.92 Å². The van der Waals surface area contributed by atoms with E-state index < -0.39 is 10.2 Å². The summed E-state index contributed by atoms with van der Waals surface area (Å²) in [6.45, 7) is 7.06. The molecule has 0 aliphatic carbocycles. The van der Waals surface area contributed by atoms with Crippen molar-refractivity contribution in [1.82, 2.24) is 13.5 Å². The van der Waals surface area contributed by atoms with E-state index in [1.54, 1.807) is 14.1 Å². The SMILES string of the molecule is CC(C)CN1CCN(S(=O)(=O)N(C)C)CC1CCO. The zero-order valence-electron chi connectivity index (χ0n) is 12.4. The molecule has 1 N–H and O–H groups in total. The molecule has 19 heavy (non-hydrogen) atoms. The number of hydrogen-bond donors (Lipinski definition) is 1. The molecule has 7 heteroatoms. The molecule has 1 aliphatic rings. The number of aliphatic hydroxyl groups is 1. The first kappa shape index (κ1) is 16.8. The summed E-state index contributed by atoms with van der Waals surface area (Å²) in [5.41, 5.74) is 0. The van der Waals surface area contributed by atoms with Crippen LogP contribution < -0.4 is 0 Å². The summed E-state index contributed by atoms with van der Waals surface area (Å²) in [6.07, 6.45) is 0.617. The average Bonchev–Trinajstić information content (AvgIpc) is 2.30. The van der Waals surface area contributed by atoms with Crippen LogP contribution >= 0.6 is 0 Å². The van der Waals surface area contributed by atoms with Crippen LogP contribution in [0.15, 0.2) is 0 Å². The first-order valence-corrected chi connectivity index (χ1v) is 8.21. The van der Waals surface area contributed by atoms with Gasteiger partial charge in [-0.15, -0.1) is 0 Å². The molecular weight excluding hydrogens is 266 g/mol. The molecule has 1 aliphatic heterocycles. The molecule has 1 unspecified atom stereocenters. The first-order valence-electron chi connectivity index (χ1n) is 6.81. The largest absolute Gasteiger partial charge is 0.396 e. The molecule has 1 atom stereocenters. The van der Waals surface area contributed by atoms with Gasteiger partial charge in [0.2, 0.25) is 0 Å². The zero-order chi connectivity index (χ0) is 14.6. The van der Waals surface area contributed by atoms with Crippen LogP contribution in [0.25, 0.3) is 0 Å². The van der Waals surface area contributed by atoms with Crippen LogP contribution in [0.1, 0.15) is 20.3 Å². The molecule has 0 amide bonds. The third-order valence-corrected chi connectivity index (χ3v) is 5.32. The Hall–Kier alpha value is -0.210. The minimum Gasteiger partial charge on any atom is -0.396 e. The number of aliphatic hydroxyl groups excluding tert-OH is 1. The maximum Gasteiger partial charge on any atom is 0.281 e. The fraction of sp³-hybridized carbons (Fsp3) is 1.00. The highest BCUT2D eigenvalue weighted by Gasteiger charge is 2.34. The maximum atomic E-state index is 12.1. The van der Waals surface area contributed by atoms with Crippen molar-refractivity contribution in [2.45, 2.75) is 26.3 Å². The molecule has 114 valence electrons. The van der Waals surface area contributed by atoms with Crippen molar-refractivity contribution < 1.29 is 13.5 Å². The van der Waals surface area contributed by atoms with Gasteiger partial charge in [-0.05, 0) is 12.3 Å². The summed E-state index contributed by atoms with van der Waals surface area (Å²) >= 11 is 0. The van der Waals surface area contributed by atoms with Gasteiger partial charge in [-0.3, -0.25) is 4.90 Å². The quantitative estimate of drug-likeness (QED) is 0.738. The summed E-state index contributed by atoms with van der Waals surface area (Å²) < 4.78 is 27.0. The minimum atomic E-state index is -3.34. The topological polar surface area (TPSA) is 64.1 Å². The van der Waals surface area contributed by atoms with E-state index in [9.17, 15) is 8.42 Å². The van der Waals surface area contributed by atoms with Gasteiger partial charge in [0.05, 0.1) is 0 Å². The molecule has 6 nitrogen and oxygen atoms in total. The Balaban J connectivity index is 2.76. The zero-order valence-corrected chi connectivity index (χ0v) is 13.2. The van der Waals surface area contributed by atoms with Gasteiger partial charge < -0.3 is 5.11 Å². The van der Waals surface area contributed by atoms with Crippen molar-refractivity contribution in [3.05, 3.63) is 0 Å². The predicted molar refractivity (Wildman–Crippen MR) is 76.1 cm³/mol. The van der Waals surface area contributed by atoms with Crippen LogP contribution in [0.2, 0.25) is 0 Å². The maximum absolute atomic E-state index is 12.1. The Morgan fingerprint density at radius 3 is 2.42 bits per heavy atom. The van der Waals surface area contributed by atoms with Crippen LogP contribution in [-0.2, 0) is 10.2 Å². The van der Waals surface area contributed by atoms with E-state index in [4.69, 9.17) is 5.11 Å². The van der Waals surface area contributed by atoms with Crippen LogP contribution in [0.3, 0.4) is 0 Å². The molecule has 0 aromatic carbocycles. The Bertz CT molecular complexity index is 370. The van der Waals surface area contributed by atoms with E-state index in [1.165, 1.54) is 8.61 Å². The number of hydrogen-bond acceptors (Lipinski definition) is 4. The Kier molecular flexibility index (Phi) is 6.19. The second kappa shape index (κ2) is 6.99. The third kappa shape index (κ3) is 4.39. The van der Waals surface area contributed by atoms with Crippen LogP contribution in [0.5, 0.6) is 0 Å². The second-order valence-corrected chi connectivity index (χ2v) is 7.85. The van der Waals surface area contributed by atoms with E-state index in [0.29, 0.717) is 25.4 Å². The highest BCUT2D eigenvalue weighted by atomic mass is 32.2. The second-order valence-electron chi connectivity index (χ2n) is 5.70. The number of piperazine rings is 1. The third-order valence-electron chi connectivity index (χ3n) is 3.42. The standard InChI is InChI=1S/C12H27N3O3S/c1-11(2)9-14-6-7-15(10-12(14)5-8-16)19(17,18)13(3)4/h11-12,16H,5-10H2,1-4H3. The lowest BCUT2D eigenvalue weighted by Crippen LogP contribution is -2.57. The van der Waals surface area contributed by atoms with Crippen molar-refractivity contribution in [3.63, 3.8) is 0 Å². The summed E-state index contributed by atoms with van der Waals surface area (Å²) in [6, 6.07) is 0.107. The highest BCUT2D eigenvalue weighted by molar-refractivity contribution is 7.86. The van der Waals surface area contributed by atoms with Gasteiger partial charge in [0.15, 0.2) is 0 Å². The molecular formula is C12H27N3O3S. The normalized spacial score (nSPS) is 23.4. The van der Waals surface area contributed by atoms with Crippen molar-refractivity contribution in [3.8, 4) is 0 Å². The van der Waals surface area contributed by atoms with E-state index in [-0.39, 0.29) is 12.6 Å². The fourth-order valence-corrected chi connectivity index (χ4v) is 3.57. The molecule has 0 radical (unpaired) electrons. The highest BCUT2D eigenvalue weighted by Crippen LogP contribution is 2.18. The molecule has 0 aromatic heterocycles. The minimum absolute atomic E-state index is 0.0924. The Morgan fingerprint density at radius 2 is 1.95 bits per heavy atom. The molecule has 1 heterocycles. The van der Waals surface area contributed by atoms with E-state index in [1.807, 2.05) is 0 Å². The molecule has 1 saturated heterocycles. The van der Waals surface area contributed by atoms with E-state index in [2.05, 4.69) is 18.7 Å². The monoisotopic (exact) mass is 293 g/mol. The number of nitrogens with zero attached hydrogens (tertiary/aromatic N) is 3. The van der Waals surface area contributed by atoms with Gasteiger partial charge in [-0.2, -0.15) is 17.0 Å². The fourth-order valence-electron chi connectivity index (χ4n) is 2.44. The van der Waals surface area contributed by atoms with Crippen LogP contribution in [0, 0.1) is 5.92 Å². The average molecular weight is 293 g/mol.